The van der Waals surface area contributed by atoms with Crippen LogP contribution in [0.3, 0.4) is 0 Å². The fourth-order valence-corrected chi connectivity index (χ4v) is 5.28. The first kappa shape index (κ1) is 27.0. The number of amides is 1. The van der Waals surface area contributed by atoms with E-state index in [9.17, 15) is 10.1 Å². The molecule has 3 aliphatic heterocycles. The zero-order valence-electron chi connectivity index (χ0n) is 22.5. The van der Waals surface area contributed by atoms with Gasteiger partial charge in [0.15, 0.2) is 0 Å². The number of rotatable bonds is 7. The minimum absolute atomic E-state index is 0.000692. The molecule has 9 heteroatoms. The molecule has 2 saturated heterocycles. The second-order valence-electron chi connectivity index (χ2n) is 11.0. The van der Waals surface area contributed by atoms with Gasteiger partial charge in [0.1, 0.15) is 11.4 Å². The van der Waals surface area contributed by atoms with Crippen LogP contribution in [0.2, 0.25) is 0 Å². The van der Waals surface area contributed by atoms with Gasteiger partial charge in [-0.05, 0) is 58.8 Å². The van der Waals surface area contributed by atoms with Gasteiger partial charge >= 0.3 is 6.09 Å². The highest BCUT2D eigenvalue weighted by atomic mass is 16.6. The number of likely N-dealkylation sites (N-methyl/N-ethyl adjacent to an activating group) is 1. The number of likely N-dealkylation sites (tertiary alicyclic amines) is 1. The summed E-state index contributed by atoms with van der Waals surface area (Å²) in [4.78, 5) is 23.6. The van der Waals surface area contributed by atoms with Crippen LogP contribution in [-0.2, 0) is 15.9 Å². The van der Waals surface area contributed by atoms with Gasteiger partial charge in [-0.15, -0.1) is 0 Å². The number of carbonyl (C=O) groups is 1. The van der Waals surface area contributed by atoms with Crippen molar-refractivity contribution in [2.45, 2.75) is 76.6 Å². The molecule has 4 unspecified atom stereocenters. The third-order valence-corrected chi connectivity index (χ3v) is 7.09. The lowest BCUT2D eigenvalue weighted by Crippen LogP contribution is -2.57. The standard InChI is InChI=1S/C28H40N6O3/c1-28(2,3)37-27(35)34-18-17-33(20-22(34)12-14-29)25-13-15-30-26(31-25)36-24(23-11-8-16-32(23)4)19-21-9-6-5-7-10-21/h5-7,9-10,13,15,22-24,26,31H,8,11-12,16-20H2,1-4H3. The van der Waals surface area contributed by atoms with Crippen molar-refractivity contribution in [3.63, 3.8) is 0 Å². The molecule has 1 aromatic rings. The molecule has 4 atom stereocenters. The lowest BCUT2D eigenvalue weighted by atomic mass is 10.00. The third kappa shape index (κ3) is 7.24. The Morgan fingerprint density at radius 2 is 2.03 bits per heavy atom. The average molecular weight is 509 g/mol. The fraction of sp³-hybridized carbons (Fsp3) is 0.607. The van der Waals surface area contributed by atoms with Crippen LogP contribution in [-0.4, -0.2) is 90.4 Å². The Balaban J connectivity index is 1.41. The molecular weight excluding hydrogens is 468 g/mol. The minimum Gasteiger partial charge on any atom is -0.444 e. The van der Waals surface area contributed by atoms with Gasteiger partial charge in [-0.3, -0.25) is 0 Å². The van der Waals surface area contributed by atoms with Gasteiger partial charge in [-0.1, -0.05) is 30.3 Å². The molecule has 9 nitrogen and oxygen atoms in total. The molecule has 1 aromatic carbocycles. The molecule has 4 rings (SSSR count). The van der Waals surface area contributed by atoms with Crippen molar-refractivity contribution in [3.8, 4) is 6.07 Å². The number of nitriles is 1. The first-order valence-electron chi connectivity index (χ1n) is 13.2. The summed E-state index contributed by atoms with van der Waals surface area (Å²) in [5, 5.41) is 12.9. The van der Waals surface area contributed by atoms with Gasteiger partial charge in [-0.2, -0.15) is 5.26 Å². The molecule has 0 aromatic heterocycles. The lowest BCUT2D eigenvalue weighted by Gasteiger charge is -2.43. The summed E-state index contributed by atoms with van der Waals surface area (Å²) >= 11 is 0. The summed E-state index contributed by atoms with van der Waals surface area (Å²) in [6.45, 7) is 8.27. The van der Waals surface area contributed by atoms with Gasteiger partial charge in [0, 0.05) is 38.3 Å². The number of nitrogens with zero attached hydrogens (tertiary/aromatic N) is 5. The fourth-order valence-electron chi connectivity index (χ4n) is 5.28. The maximum absolute atomic E-state index is 12.8. The molecule has 37 heavy (non-hydrogen) atoms. The highest BCUT2D eigenvalue weighted by molar-refractivity contribution is 5.73. The minimum atomic E-state index is -0.580. The predicted octanol–water partition coefficient (Wildman–Crippen LogP) is 3.34. The van der Waals surface area contributed by atoms with Gasteiger partial charge < -0.3 is 29.5 Å². The van der Waals surface area contributed by atoms with E-state index in [0.717, 1.165) is 25.2 Å². The zero-order valence-corrected chi connectivity index (χ0v) is 22.5. The molecule has 0 spiro atoms. The smallest absolute Gasteiger partial charge is 0.410 e. The molecule has 0 radical (unpaired) electrons. The lowest BCUT2D eigenvalue weighted by molar-refractivity contribution is -0.0575. The number of nitrogens with one attached hydrogen (secondary N) is 1. The number of carbonyl (C=O) groups excluding carboxylic acids is 1. The highest BCUT2D eigenvalue weighted by Gasteiger charge is 2.36. The Morgan fingerprint density at radius 3 is 2.70 bits per heavy atom. The van der Waals surface area contributed by atoms with Crippen LogP contribution >= 0.6 is 0 Å². The largest absolute Gasteiger partial charge is 0.444 e. The van der Waals surface area contributed by atoms with Crippen molar-refractivity contribution in [2.24, 2.45) is 4.99 Å². The van der Waals surface area contributed by atoms with E-state index in [2.05, 4.69) is 57.5 Å². The summed E-state index contributed by atoms with van der Waals surface area (Å²) in [6.07, 6.45) is 6.19. The number of allylic oxidation sites excluding steroid dienone is 1. The summed E-state index contributed by atoms with van der Waals surface area (Å²) in [7, 11) is 2.17. The van der Waals surface area contributed by atoms with E-state index in [1.165, 1.54) is 12.0 Å². The van der Waals surface area contributed by atoms with Crippen LogP contribution in [0.4, 0.5) is 4.79 Å². The zero-order chi connectivity index (χ0) is 26.4. The van der Waals surface area contributed by atoms with Crippen molar-refractivity contribution < 1.29 is 14.3 Å². The van der Waals surface area contributed by atoms with E-state index in [-0.39, 0.29) is 24.7 Å². The maximum atomic E-state index is 12.8. The Morgan fingerprint density at radius 1 is 1.24 bits per heavy atom. The number of benzene rings is 1. The van der Waals surface area contributed by atoms with Crippen LogP contribution in [0.1, 0.15) is 45.6 Å². The second-order valence-corrected chi connectivity index (χ2v) is 11.0. The molecule has 0 bridgehead atoms. The third-order valence-electron chi connectivity index (χ3n) is 7.09. The summed E-state index contributed by atoms with van der Waals surface area (Å²) in [5.41, 5.74) is 0.671. The summed E-state index contributed by atoms with van der Waals surface area (Å²) in [6, 6.07) is 12.8. The summed E-state index contributed by atoms with van der Waals surface area (Å²) in [5.74, 6) is 0.894. The number of aliphatic imine (C=N–C) groups is 1. The average Bonchev–Trinajstić information content (AvgIpc) is 3.29. The second kappa shape index (κ2) is 12.0. The highest BCUT2D eigenvalue weighted by Crippen LogP contribution is 2.25. The molecular formula is C28H40N6O3. The molecule has 2 fully saturated rings. The quantitative estimate of drug-likeness (QED) is 0.604. The van der Waals surface area contributed by atoms with Crippen molar-refractivity contribution in [2.75, 3.05) is 33.2 Å². The molecule has 1 amide bonds. The van der Waals surface area contributed by atoms with Crippen molar-refractivity contribution >= 4 is 12.3 Å². The number of ether oxygens (including phenoxy) is 2. The molecule has 200 valence electrons. The molecule has 3 heterocycles. The Labute approximate surface area is 220 Å². The van der Waals surface area contributed by atoms with Crippen molar-refractivity contribution in [1.82, 2.24) is 20.0 Å². The number of hydrogen-bond donors (Lipinski definition) is 1. The van der Waals surface area contributed by atoms with E-state index < -0.39 is 12.0 Å². The van der Waals surface area contributed by atoms with E-state index >= 15 is 0 Å². The molecule has 3 aliphatic rings. The molecule has 0 aliphatic carbocycles. The van der Waals surface area contributed by atoms with Crippen LogP contribution in [0.5, 0.6) is 0 Å². The van der Waals surface area contributed by atoms with Gasteiger partial charge in [0.25, 0.3) is 0 Å². The first-order chi connectivity index (χ1) is 17.7. The van der Waals surface area contributed by atoms with E-state index in [1.807, 2.05) is 32.9 Å². The van der Waals surface area contributed by atoms with Crippen molar-refractivity contribution in [3.05, 3.63) is 47.8 Å². The predicted molar refractivity (Wildman–Crippen MR) is 143 cm³/mol. The molecule has 0 saturated carbocycles. The van der Waals surface area contributed by atoms with Crippen LogP contribution in [0, 0.1) is 11.3 Å². The van der Waals surface area contributed by atoms with Gasteiger partial charge in [0.2, 0.25) is 6.35 Å². The van der Waals surface area contributed by atoms with Crippen LogP contribution < -0.4 is 5.32 Å². The molecule has 1 N–H and O–H groups in total. The topological polar surface area (TPSA) is 93.4 Å². The van der Waals surface area contributed by atoms with Crippen LogP contribution in [0.15, 0.2) is 47.2 Å². The van der Waals surface area contributed by atoms with E-state index in [1.54, 1.807) is 11.1 Å². The van der Waals surface area contributed by atoms with Gasteiger partial charge in [0.05, 0.1) is 24.6 Å². The Bertz CT molecular complexity index is 1010. The number of hydrogen-bond acceptors (Lipinski definition) is 8. The van der Waals surface area contributed by atoms with Gasteiger partial charge in [-0.25, -0.2) is 9.79 Å². The monoisotopic (exact) mass is 508 g/mol. The van der Waals surface area contributed by atoms with Crippen molar-refractivity contribution in [1.29, 1.82) is 5.26 Å². The van der Waals surface area contributed by atoms with E-state index in [4.69, 9.17) is 9.47 Å². The van der Waals surface area contributed by atoms with E-state index in [0.29, 0.717) is 25.7 Å². The Hall–Kier alpha value is -3.09. The first-order valence-corrected chi connectivity index (χ1v) is 13.2. The maximum Gasteiger partial charge on any atom is 0.410 e. The summed E-state index contributed by atoms with van der Waals surface area (Å²) < 4.78 is 12.2. The number of piperazine rings is 1. The Kier molecular flexibility index (Phi) is 8.72. The SMILES string of the molecule is CN1CCCC1C(Cc1ccccc1)OC1N=CC=C(N2CCN(C(=O)OC(C)(C)C)C(CC#N)C2)N1. The normalized spacial score (nSPS) is 25.3. The van der Waals surface area contributed by atoms with Crippen LogP contribution in [0.25, 0.3) is 0 Å².